The van der Waals surface area contributed by atoms with Gasteiger partial charge in [-0.2, -0.15) is 0 Å². The van der Waals surface area contributed by atoms with E-state index >= 15 is 0 Å². The highest BCUT2D eigenvalue weighted by atomic mass is 16.5. The SMILES string of the molecule is COc1ccc(-c2ocnc2C(=O)N[C@H](C)c2ccncc2)cc1OC. The van der Waals surface area contributed by atoms with Crippen LogP contribution in [0.5, 0.6) is 11.5 Å². The van der Waals surface area contributed by atoms with E-state index in [9.17, 15) is 4.79 Å². The van der Waals surface area contributed by atoms with Crippen molar-refractivity contribution in [2.75, 3.05) is 14.2 Å². The van der Waals surface area contributed by atoms with Crippen molar-refractivity contribution in [2.24, 2.45) is 0 Å². The predicted octanol–water partition coefficient (Wildman–Crippen LogP) is 3.24. The Labute approximate surface area is 151 Å². The Morgan fingerprint density at radius 2 is 1.85 bits per heavy atom. The van der Waals surface area contributed by atoms with Gasteiger partial charge in [-0.05, 0) is 42.8 Å². The molecule has 3 rings (SSSR count). The molecule has 1 N–H and O–H groups in total. The van der Waals surface area contributed by atoms with E-state index in [1.165, 1.54) is 6.39 Å². The van der Waals surface area contributed by atoms with E-state index in [1.54, 1.807) is 44.8 Å². The highest BCUT2D eigenvalue weighted by Gasteiger charge is 2.21. The Morgan fingerprint density at radius 3 is 2.54 bits per heavy atom. The molecule has 0 saturated heterocycles. The molecule has 1 aromatic carbocycles. The fraction of sp³-hybridized carbons (Fsp3) is 0.211. The molecular formula is C19H19N3O4. The minimum Gasteiger partial charge on any atom is -0.493 e. The summed E-state index contributed by atoms with van der Waals surface area (Å²) in [5.74, 6) is 1.17. The molecule has 2 heterocycles. The molecule has 1 atom stereocenters. The summed E-state index contributed by atoms with van der Waals surface area (Å²) >= 11 is 0. The van der Waals surface area contributed by atoms with Gasteiger partial charge in [-0.3, -0.25) is 9.78 Å². The van der Waals surface area contributed by atoms with Crippen LogP contribution >= 0.6 is 0 Å². The van der Waals surface area contributed by atoms with Crippen molar-refractivity contribution in [3.8, 4) is 22.8 Å². The molecule has 0 spiro atoms. The number of hydrogen-bond donors (Lipinski definition) is 1. The van der Waals surface area contributed by atoms with Crippen LogP contribution in [-0.2, 0) is 0 Å². The first-order valence-electron chi connectivity index (χ1n) is 8.00. The first kappa shape index (κ1) is 17.5. The molecule has 0 aliphatic carbocycles. The largest absolute Gasteiger partial charge is 0.493 e. The maximum absolute atomic E-state index is 12.7. The van der Waals surface area contributed by atoms with Crippen molar-refractivity contribution < 1.29 is 18.7 Å². The highest BCUT2D eigenvalue weighted by Crippen LogP contribution is 2.33. The molecule has 0 fully saturated rings. The number of oxazole rings is 1. The number of carbonyl (C=O) groups is 1. The molecule has 0 aliphatic heterocycles. The summed E-state index contributed by atoms with van der Waals surface area (Å²) in [5, 5.41) is 2.91. The Kier molecular flexibility index (Phi) is 5.17. The number of ether oxygens (including phenoxy) is 2. The quantitative estimate of drug-likeness (QED) is 0.732. The summed E-state index contributed by atoms with van der Waals surface area (Å²) in [6.45, 7) is 1.89. The van der Waals surface area contributed by atoms with E-state index in [0.717, 1.165) is 5.56 Å². The number of aromatic nitrogens is 2. The lowest BCUT2D eigenvalue weighted by Crippen LogP contribution is -2.27. The number of amides is 1. The van der Waals surface area contributed by atoms with Gasteiger partial charge in [-0.25, -0.2) is 4.98 Å². The van der Waals surface area contributed by atoms with Crippen LogP contribution in [0.1, 0.15) is 29.0 Å². The van der Waals surface area contributed by atoms with Crippen LogP contribution < -0.4 is 14.8 Å². The average Bonchev–Trinajstić information content (AvgIpc) is 3.18. The lowest BCUT2D eigenvalue weighted by atomic mass is 10.1. The first-order valence-corrected chi connectivity index (χ1v) is 8.00. The van der Waals surface area contributed by atoms with Gasteiger partial charge in [0, 0.05) is 18.0 Å². The summed E-state index contributed by atoms with van der Waals surface area (Å²) < 4.78 is 16.0. The molecule has 7 heteroatoms. The standard InChI is InChI=1S/C19H19N3O4/c1-12(13-6-8-20-9-7-13)22-19(23)17-18(26-11-21-17)14-4-5-15(24-2)16(10-14)25-3/h4-12H,1-3H3,(H,22,23)/t12-/m1/s1. The molecule has 3 aromatic rings. The van der Waals surface area contributed by atoms with Crippen LogP contribution in [0.25, 0.3) is 11.3 Å². The zero-order valence-electron chi connectivity index (χ0n) is 14.7. The number of nitrogens with zero attached hydrogens (tertiary/aromatic N) is 2. The summed E-state index contributed by atoms with van der Waals surface area (Å²) in [6.07, 6.45) is 4.62. The van der Waals surface area contributed by atoms with Crippen LogP contribution in [0.15, 0.2) is 53.5 Å². The van der Waals surface area contributed by atoms with Gasteiger partial charge in [0.1, 0.15) is 0 Å². The zero-order valence-corrected chi connectivity index (χ0v) is 14.7. The third-order valence-corrected chi connectivity index (χ3v) is 3.98. The third-order valence-electron chi connectivity index (χ3n) is 3.98. The molecule has 0 saturated carbocycles. The van der Waals surface area contributed by atoms with Crippen molar-refractivity contribution in [1.29, 1.82) is 0 Å². The summed E-state index contributed by atoms with van der Waals surface area (Å²) in [7, 11) is 3.11. The summed E-state index contributed by atoms with van der Waals surface area (Å²) in [4.78, 5) is 20.7. The van der Waals surface area contributed by atoms with Gasteiger partial charge in [0.25, 0.3) is 5.91 Å². The number of methoxy groups -OCH3 is 2. The van der Waals surface area contributed by atoms with Crippen LogP contribution in [-0.4, -0.2) is 30.1 Å². The molecule has 0 aliphatic rings. The van der Waals surface area contributed by atoms with Gasteiger partial charge in [-0.1, -0.05) is 0 Å². The summed E-state index contributed by atoms with van der Waals surface area (Å²) in [5.41, 5.74) is 1.82. The van der Waals surface area contributed by atoms with E-state index in [4.69, 9.17) is 13.9 Å². The number of rotatable bonds is 6. The van der Waals surface area contributed by atoms with Gasteiger partial charge < -0.3 is 19.2 Å². The van der Waals surface area contributed by atoms with Crippen LogP contribution in [0, 0.1) is 0 Å². The fourth-order valence-corrected chi connectivity index (χ4v) is 2.59. The van der Waals surface area contributed by atoms with Crippen molar-refractivity contribution in [3.05, 3.63) is 60.4 Å². The Morgan fingerprint density at radius 1 is 1.12 bits per heavy atom. The van der Waals surface area contributed by atoms with Crippen molar-refractivity contribution in [2.45, 2.75) is 13.0 Å². The maximum atomic E-state index is 12.7. The number of carbonyl (C=O) groups excluding carboxylic acids is 1. The van der Waals surface area contributed by atoms with Gasteiger partial charge in [-0.15, -0.1) is 0 Å². The molecule has 0 unspecified atom stereocenters. The maximum Gasteiger partial charge on any atom is 0.274 e. The number of nitrogens with one attached hydrogen (secondary N) is 1. The molecule has 7 nitrogen and oxygen atoms in total. The fourth-order valence-electron chi connectivity index (χ4n) is 2.59. The van der Waals surface area contributed by atoms with E-state index in [1.807, 2.05) is 19.1 Å². The van der Waals surface area contributed by atoms with E-state index in [2.05, 4.69) is 15.3 Å². The zero-order chi connectivity index (χ0) is 18.5. The van der Waals surface area contributed by atoms with Gasteiger partial charge in [0.05, 0.1) is 20.3 Å². The van der Waals surface area contributed by atoms with E-state index in [-0.39, 0.29) is 17.6 Å². The van der Waals surface area contributed by atoms with E-state index in [0.29, 0.717) is 22.8 Å². The molecule has 0 bridgehead atoms. The van der Waals surface area contributed by atoms with Crippen LogP contribution in [0.3, 0.4) is 0 Å². The second kappa shape index (κ2) is 7.69. The molecule has 26 heavy (non-hydrogen) atoms. The lowest BCUT2D eigenvalue weighted by molar-refractivity contribution is 0.0935. The third kappa shape index (κ3) is 3.51. The first-order chi connectivity index (χ1) is 12.6. The topological polar surface area (TPSA) is 86.5 Å². The van der Waals surface area contributed by atoms with Crippen molar-refractivity contribution in [1.82, 2.24) is 15.3 Å². The molecular weight excluding hydrogens is 334 g/mol. The minimum absolute atomic E-state index is 0.194. The van der Waals surface area contributed by atoms with Crippen LogP contribution in [0.2, 0.25) is 0 Å². The lowest BCUT2D eigenvalue weighted by Gasteiger charge is -2.13. The number of hydrogen-bond acceptors (Lipinski definition) is 6. The average molecular weight is 353 g/mol. The Bertz CT molecular complexity index is 893. The normalized spacial score (nSPS) is 11.7. The molecule has 2 aromatic heterocycles. The van der Waals surface area contributed by atoms with Gasteiger partial charge in [0.2, 0.25) is 0 Å². The monoisotopic (exact) mass is 353 g/mol. The second-order valence-corrected chi connectivity index (χ2v) is 5.58. The second-order valence-electron chi connectivity index (χ2n) is 5.58. The smallest absolute Gasteiger partial charge is 0.274 e. The van der Waals surface area contributed by atoms with Crippen molar-refractivity contribution >= 4 is 5.91 Å². The number of pyridine rings is 1. The minimum atomic E-state index is -0.326. The molecule has 1 amide bonds. The predicted molar refractivity (Wildman–Crippen MR) is 95.2 cm³/mol. The van der Waals surface area contributed by atoms with Gasteiger partial charge in [0.15, 0.2) is 29.3 Å². The number of benzene rings is 1. The van der Waals surface area contributed by atoms with E-state index < -0.39 is 0 Å². The van der Waals surface area contributed by atoms with Gasteiger partial charge >= 0.3 is 0 Å². The molecule has 134 valence electrons. The highest BCUT2D eigenvalue weighted by molar-refractivity contribution is 5.97. The summed E-state index contributed by atoms with van der Waals surface area (Å²) in [6, 6.07) is 8.78. The Hall–Kier alpha value is -3.35. The van der Waals surface area contributed by atoms with Crippen LogP contribution in [0.4, 0.5) is 0 Å². The Balaban J connectivity index is 1.85. The van der Waals surface area contributed by atoms with Crippen molar-refractivity contribution in [3.63, 3.8) is 0 Å². The molecule has 0 radical (unpaired) electrons.